The van der Waals surface area contributed by atoms with Crippen LogP contribution in [0.3, 0.4) is 0 Å². The van der Waals surface area contributed by atoms with Gasteiger partial charge in [-0.1, -0.05) is 12.1 Å². The molecule has 1 aliphatic rings. The van der Waals surface area contributed by atoms with Crippen LogP contribution >= 0.6 is 0 Å². The molecule has 0 aliphatic carbocycles. The molecule has 7 nitrogen and oxygen atoms in total. The minimum atomic E-state index is -1.00. The van der Waals surface area contributed by atoms with Gasteiger partial charge >= 0.3 is 5.97 Å². The first-order valence-corrected chi connectivity index (χ1v) is 9.35. The minimum Gasteiger partial charge on any atom is -0.480 e. The molecule has 1 aliphatic heterocycles. The van der Waals surface area contributed by atoms with Crippen molar-refractivity contribution in [2.24, 2.45) is 0 Å². The lowest BCUT2D eigenvalue weighted by atomic mass is 10.1. The molecule has 3 rings (SSSR count). The Morgan fingerprint density at radius 3 is 2.82 bits per heavy atom. The maximum absolute atomic E-state index is 13.9. The maximum Gasteiger partial charge on any atom is 0.323 e. The summed E-state index contributed by atoms with van der Waals surface area (Å²) in [5.74, 6) is -0.680. The van der Waals surface area contributed by atoms with Crippen LogP contribution in [0.5, 0.6) is 0 Å². The summed E-state index contributed by atoms with van der Waals surface area (Å²) in [6.45, 7) is 3.12. The summed E-state index contributed by atoms with van der Waals surface area (Å²) < 4.78 is 19.6. The highest BCUT2D eigenvalue weighted by molar-refractivity contribution is 5.79. The Morgan fingerprint density at radius 2 is 2.11 bits per heavy atom. The summed E-state index contributed by atoms with van der Waals surface area (Å²) in [5.41, 5.74) is 0.378. The van der Waals surface area contributed by atoms with Crippen LogP contribution in [0.1, 0.15) is 32.1 Å². The predicted molar refractivity (Wildman–Crippen MR) is 99.8 cm³/mol. The molecule has 1 atom stereocenters. The predicted octanol–water partition coefficient (Wildman–Crippen LogP) is 2.77. The molecular weight excluding hydrogens is 365 g/mol. The third-order valence-electron chi connectivity index (χ3n) is 4.99. The first-order valence-electron chi connectivity index (χ1n) is 9.35. The quantitative estimate of drug-likeness (QED) is 0.818. The highest BCUT2D eigenvalue weighted by Gasteiger charge is 2.26. The van der Waals surface area contributed by atoms with Crippen LogP contribution in [0.4, 0.5) is 4.39 Å². The van der Waals surface area contributed by atoms with Gasteiger partial charge in [0, 0.05) is 19.5 Å². The number of carbonyl (C=O) groups is 2. The summed E-state index contributed by atoms with van der Waals surface area (Å²) in [5, 5.41) is 9.04. The van der Waals surface area contributed by atoms with Gasteiger partial charge in [-0.25, -0.2) is 9.37 Å². The molecule has 0 bridgehead atoms. The number of nitrogens with zero attached hydrogens (tertiary/aromatic N) is 3. The Morgan fingerprint density at radius 1 is 1.32 bits per heavy atom. The largest absolute Gasteiger partial charge is 0.480 e. The number of halogens is 1. The fourth-order valence-corrected chi connectivity index (χ4v) is 3.61. The van der Waals surface area contributed by atoms with E-state index in [4.69, 9.17) is 9.52 Å². The smallest absolute Gasteiger partial charge is 0.323 e. The monoisotopic (exact) mass is 389 g/mol. The van der Waals surface area contributed by atoms with E-state index in [1.807, 2.05) is 0 Å². The van der Waals surface area contributed by atoms with Crippen LogP contribution < -0.4 is 0 Å². The molecule has 1 saturated heterocycles. The molecule has 1 unspecified atom stereocenters. The first-order chi connectivity index (χ1) is 13.4. The number of benzene rings is 1. The summed E-state index contributed by atoms with van der Waals surface area (Å²) in [7, 11) is 0. The second-order valence-electron chi connectivity index (χ2n) is 7.00. The second kappa shape index (κ2) is 8.97. The van der Waals surface area contributed by atoms with Crippen LogP contribution in [-0.4, -0.2) is 57.4 Å². The van der Waals surface area contributed by atoms with E-state index in [9.17, 15) is 14.0 Å². The zero-order chi connectivity index (χ0) is 20.1. The Labute approximate surface area is 162 Å². The molecule has 2 aromatic rings. The molecule has 1 aromatic carbocycles. The van der Waals surface area contributed by atoms with E-state index in [1.165, 1.54) is 24.1 Å². The van der Waals surface area contributed by atoms with Crippen molar-refractivity contribution in [1.82, 2.24) is 14.8 Å². The van der Waals surface area contributed by atoms with Crippen LogP contribution in [0.25, 0.3) is 11.3 Å². The Kier molecular flexibility index (Phi) is 6.41. The maximum atomic E-state index is 13.9. The van der Waals surface area contributed by atoms with Gasteiger partial charge < -0.3 is 14.4 Å². The molecular formula is C20H24FN3O4. The average molecular weight is 389 g/mol. The van der Waals surface area contributed by atoms with Crippen LogP contribution in [-0.2, 0) is 16.1 Å². The fraction of sp³-hybridized carbons (Fsp3) is 0.450. The number of oxazole rings is 1. The number of hydrogen-bond donors (Lipinski definition) is 1. The summed E-state index contributed by atoms with van der Waals surface area (Å²) >= 11 is 0. The molecule has 2 heterocycles. The standard InChI is InChI=1S/C20H24FN3O4/c1-14(25)24(13-20(26)27)15-5-4-9-23(10-8-15)12-19-22-11-18(28-19)16-6-2-3-7-17(16)21/h2-3,6-7,11,15H,4-5,8-10,12-13H2,1H3,(H,26,27). The molecule has 1 N–H and O–H groups in total. The Balaban J connectivity index is 1.62. The number of aliphatic carboxylic acids is 1. The Hall–Kier alpha value is -2.74. The highest BCUT2D eigenvalue weighted by Crippen LogP contribution is 2.24. The molecule has 1 fully saturated rings. The lowest BCUT2D eigenvalue weighted by molar-refractivity contribution is -0.145. The van der Waals surface area contributed by atoms with Gasteiger partial charge in [-0.05, 0) is 37.9 Å². The molecule has 8 heteroatoms. The van der Waals surface area contributed by atoms with Crippen LogP contribution in [0, 0.1) is 5.82 Å². The van der Waals surface area contributed by atoms with E-state index in [0.717, 1.165) is 19.4 Å². The van der Waals surface area contributed by atoms with Crippen molar-refractivity contribution in [1.29, 1.82) is 0 Å². The van der Waals surface area contributed by atoms with E-state index in [-0.39, 0.29) is 24.3 Å². The zero-order valence-electron chi connectivity index (χ0n) is 15.8. The van der Waals surface area contributed by atoms with Crippen molar-refractivity contribution >= 4 is 11.9 Å². The summed E-state index contributed by atoms with van der Waals surface area (Å²) in [4.78, 5) is 30.7. The number of amides is 1. The summed E-state index contributed by atoms with van der Waals surface area (Å²) in [6, 6.07) is 6.31. The first kappa shape index (κ1) is 20.0. The van der Waals surface area contributed by atoms with Crippen LogP contribution in [0.15, 0.2) is 34.9 Å². The van der Waals surface area contributed by atoms with Crippen molar-refractivity contribution < 1.29 is 23.5 Å². The molecule has 0 spiro atoms. The average Bonchev–Trinajstić information content (AvgIpc) is 2.98. The Bertz CT molecular complexity index is 838. The van der Waals surface area contributed by atoms with Gasteiger partial charge in [-0.3, -0.25) is 14.5 Å². The van der Waals surface area contributed by atoms with Gasteiger partial charge in [0.2, 0.25) is 11.8 Å². The highest BCUT2D eigenvalue weighted by atomic mass is 19.1. The number of likely N-dealkylation sites (tertiary alicyclic amines) is 1. The third kappa shape index (κ3) is 4.95. The van der Waals surface area contributed by atoms with Gasteiger partial charge in [0.1, 0.15) is 12.4 Å². The van der Waals surface area contributed by atoms with Gasteiger partial charge in [0.25, 0.3) is 0 Å². The second-order valence-corrected chi connectivity index (χ2v) is 7.00. The summed E-state index contributed by atoms with van der Waals surface area (Å²) in [6.07, 6.45) is 3.82. The molecule has 0 saturated carbocycles. The number of hydrogen-bond acceptors (Lipinski definition) is 5. The number of carboxylic acids is 1. The van der Waals surface area contributed by atoms with E-state index in [1.54, 1.807) is 18.2 Å². The van der Waals surface area contributed by atoms with Crippen molar-refractivity contribution in [2.45, 2.75) is 38.8 Å². The lowest BCUT2D eigenvalue weighted by Gasteiger charge is -2.28. The minimum absolute atomic E-state index is 0.0860. The van der Waals surface area contributed by atoms with Gasteiger partial charge in [0.05, 0.1) is 18.3 Å². The zero-order valence-corrected chi connectivity index (χ0v) is 15.8. The SMILES string of the molecule is CC(=O)N(CC(=O)O)C1CCCN(Cc2ncc(-c3ccccc3F)o2)CC1. The fourth-order valence-electron chi connectivity index (χ4n) is 3.61. The molecule has 1 amide bonds. The van der Waals surface area contributed by atoms with Gasteiger partial charge in [-0.15, -0.1) is 0 Å². The topological polar surface area (TPSA) is 86.9 Å². The molecule has 150 valence electrons. The van der Waals surface area contributed by atoms with E-state index in [0.29, 0.717) is 36.7 Å². The van der Waals surface area contributed by atoms with Crippen molar-refractivity contribution in [3.63, 3.8) is 0 Å². The number of rotatable bonds is 6. The van der Waals surface area contributed by atoms with E-state index in [2.05, 4.69) is 9.88 Å². The van der Waals surface area contributed by atoms with Crippen molar-refractivity contribution in [3.05, 3.63) is 42.2 Å². The number of aromatic nitrogens is 1. The number of carbonyl (C=O) groups excluding carboxylic acids is 1. The molecule has 1 aromatic heterocycles. The van der Waals surface area contributed by atoms with Crippen molar-refractivity contribution in [3.8, 4) is 11.3 Å². The van der Waals surface area contributed by atoms with Crippen molar-refractivity contribution in [2.75, 3.05) is 19.6 Å². The van der Waals surface area contributed by atoms with E-state index >= 15 is 0 Å². The number of carboxylic acid groups (broad SMARTS) is 1. The van der Waals surface area contributed by atoms with Gasteiger partial charge in [0.15, 0.2) is 5.76 Å². The van der Waals surface area contributed by atoms with Gasteiger partial charge in [-0.2, -0.15) is 0 Å². The van der Waals surface area contributed by atoms with E-state index < -0.39 is 5.97 Å². The molecule has 0 radical (unpaired) electrons. The lowest BCUT2D eigenvalue weighted by Crippen LogP contribution is -2.42. The third-order valence-corrected chi connectivity index (χ3v) is 4.99. The van der Waals surface area contributed by atoms with Crippen LogP contribution in [0.2, 0.25) is 0 Å². The normalized spacial score (nSPS) is 17.9. The molecule has 28 heavy (non-hydrogen) atoms.